The van der Waals surface area contributed by atoms with Crippen molar-refractivity contribution in [3.05, 3.63) is 28.2 Å². The van der Waals surface area contributed by atoms with Gasteiger partial charge >= 0.3 is 5.97 Å². The number of rotatable bonds is 5. The Bertz CT molecular complexity index is 529. The number of carboxylic acids is 1. The summed E-state index contributed by atoms with van der Waals surface area (Å²) >= 11 is 3.38. The number of anilines is 1. The zero-order valence-corrected chi connectivity index (χ0v) is 13.6. The normalized spacial score (nSPS) is 11.5. The zero-order valence-electron chi connectivity index (χ0n) is 12.0. The number of nitrogens with one attached hydrogen (secondary N) is 1. The van der Waals surface area contributed by atoms with Gasteiger partial charge in [0.15, 0.2) is 0 Å². The Hall–Kier alpha value is -1.40. The molecule has 0 aliphatic carbocycles. The highest BCUT2D eigenvalue weighted by Gasteiger charge is 2.32. The van der Waals surface area contributed by atoms with Crippen LogP contribution in [0, 0.1) is 6.92 Å². The van der Waals surface area contributed by atoms with Crippen LogP contribution in [0.25, 0.3) is 0 Å². The van der Waals surface area contributed by atoms with Crippen molar-refractivity contribution in [3.8, 4) is 0 Å². The third kappa shape index (κ3) is 4.05. The lowest BCUT2D eigenvalue weighted by molar-refractivity contribution is -0.148. The highest BCUT2D eigenvalue weighted by molar-refractivity contribution is 9.10. The van der Waals surface area contributed by atoms with Crippen LogP contribution in [0.2, 0.25) is 0 Å². The van der Waals surface area contributed by atoms with Crippen LogP contribution < -0.4 is 5.32 Å². The predicted molar refractivity (Wildman–Crippen MR) is 81.9 cm³/mol. The van der Waals surface area contributed by atoms with Crippen LogP contribution in [0.15, 0.2) is 22.7 Å². The van der Waals surface area contributed by atoms with E-state index in [0.717, 1.165) is 10.0 Å². The van der Waals surface area contributed by atoms with Crippen molar-refractivity contribution in [1.82, 2.24) is 4.90 Å². The first-order valence-electron chi connectivity index (χ1n) is 6.15. The van der Waals surface area contributed by atoms with Gasteiger partial charge in [0.2, 0.25) is 5.91 Å². The number of benzene rings is 1. The van der Waals surface area contributed by atoms with Gasteiger partial charge in [0.1, 0.15) is 5.54 Å². The van der Waals surface area contributed by atoms with Gasteiger partial charge in [0.05, 0.1) is 12.2 Å². The average Bonchev–Trinajstić information content (AvgIpc) is 2.32. The Morgan fingerprint density at radius 2 is 2.00 bits per heavy atom. The van der Waals surface area contributed by atoms with E-state index in [9.17, 15) is 9.59 Å². The van der Waals surface area contributed by atoms with Gasteiger partial charge in [-0.15, -0.1) is 0 Å². The highest BCUT2D eigenvalue weighted by atomic mass is 79.9. The Labute approximate surface area is 127 Å². The zero-order chi connectivity index (χ0) is 15.5. The first kappa shape index (κ1) is 16.7. The SMILES string of the molecule is Cc1ccc(NC(=O)CN(C)C(C)(C)C(=O)O)c(Br)c1. The summed E-state index contributed by atoms with van der Waals surface area (Å²) in [7, 11) is 1.61. The van der Waals surface area contributed by atoms with Crippen LogP contribution in [-0.4, -0.2) is 41.0 Å². The smallest absolute Gasteiger partial charge is 0.323 e. The van der Waals surface area contributed by atoms with Crippen molar-refractivity contribution in [2.75, 3.05) is 18.9 Å². The van der Waals surface area contributed by atoms with Gasteiger partial charge in [-0.2, -0.15) is 0 Å². The maximum atomic E-state index is 12.0. The van der Waals surface area contributed by atoms with Crippen molar-refractivity contribution >= 4 is 33.5 Å². The number of amides is 1. The van der Waals surface area contributed by atoms with E-state index in [-0.39, 0.29) is 12.5 Å². The van der Waals surface area contributed by atoms with Crippen molar-refractivity contribution in [3.63, 3.8) is 0 Å². The number of hydrogen-bond acceptors (Lipinski definition) is 3. The molecule has 6 heteroatoms. The predicted octanol–water partition coefficient (Wildman–Crippen LogP) is 2.49. The van der Waals surface area contributed by atoms with Crippen LogP contribution in [0.1, 0.15) is 19.4 Å². The van der Waals surface area contributed by atoms with E-state index in [1.807, 2.05) is 19.1 Å². The standard InChI is InChI=1S/C14H19BrN2O3/c1-9-5-6-11(10(15)7-9)16-12(18)8-17(4)14(2,3)13(19)20/h5-7H,8H2,1-4H3,(H,16,18)(H,19,20). The molecule has 1 aromatic carbocycles. The highest BCUT2D eigenvalue weighted by Crippen LogP contribution is 2.23. The summed E-state index contributed by atoms with van der Waals surface area (Å²) in [6.45, 7) is 5.08. The molecule has 1 aromatic rings. The largest absolute Gasteiger partial charge is 0.480 e. The second-order valence-corrected chi connectivity index (χ2v) is 6.11. The molecular weight excluding hydrogens is 324 g/mol. The van der Waals surface area contributed by atoms with Crippen LogP contribution >= 0.6 is 15.9 Å². The maximum Gasteiger partial charge on any atom is 0.323 e. The summed E-state index contributed by atoms with van der Waals surface area (Å²) in [6, 6.07) is 5.60. The fourth-order valence-electron chi connectivity index (χ4n) is 1.49. The number of halogens is 1. The lowest BCUT2D eigenvalue weighted by Crippen LogP contribution is -2.50. The molecule has 0 bridgehead atoms. The molecule has 2 N–H and O–H groups in total. The summed E-state index contributed by atoms with van der Waals surface area (Å²) < 4.78 is 0.797. The van der Waals surface area contributed by atoms with E-state index >= 15 is 0 Å². The second kappa shape index (κ2) is 6.37. The van der Waals surface area contributed by atoms with Crippen molar-refractivity contribution in [1.29, 1.82) is 0 Å². The lowest BCUT2D eigenvalue weighted by atomic mass is 10.0. The number of carboxylic acid groups (broad SMARTS) is 1. The van der Waals surface area contributed by atoms with Gasteiger partial charge in [-0.3, -0.25) is 14.5 Å². The Balaban J connectivity index is 2.71. The number of nitrogens with zero attached hydrogens (tertiary/aromatic N) is 1. The topological polar surface area (TPSA) is 69.6 Å². The fourth-order valence-corrected chi connectivity index (χ4v) is 2.08. The molecule has 0 aromatic heterocycles. The number of hydrogen-bond donors (Lipinski definition) is 2. The molecule has 0 radical (unpaired) electrons. The third-order valence-electron chi connectivity index (χ3n) is 3.26. The summed E-state index contributed by atoms with van der Waals surface area (Å²) in [5.41, 5.74) is 0.656. The van der Waals surface area contributed by atoms with E-state index in [2.05, 4.69) is 21.2 Å². The molecule has 0 atom stereocenters. The van der Waals surface area contributed by atoms with E-state index in [1.165, 1.54) is 4.90 Å². The Kier molecular flexibility index (Phi) is 5.30. The first-order chi connectivity index (χ1) is 9.14. The molecule has 20 heavy (non-hydrogen) atoms. The summed E-state index contributed by atoms with van der Waals surface area (Å²) in [5, 5.41) is 11.9. The number of aliphatic carboxylic acids is 1. The molecular formula is C14H19BrN2O3. The van der Waals surface area contributed by atoms with Gasteiger partial charge in [0.25, 0.3) is 0 Å². The van der Waals surface area contributed by atoms with Gasteiger partial charge in [-0.25, -0.2) is 0 Å². The molecule has 0 aliphatic rings. The van der Waals surface area contributed by atoms with Crippen LogP contribution in [0.5, 0.6) is 0 Å². The fraction of sp³-hybridized carbons (Fsp3) is 0.429. The van der Waals surface area contributed by atoms with E-state index < -0.39 is 11.5 Å². The number of aryl methyl sites for hydroxylation is 1. The molecule has 110 valence electrons. The van der Waals surface area contributed by atoms with Gasteiger partial charge in [-0.1, -0.05) is 6.07 Å². The minimum Gasteiger partial charge on any atom is -0.480 e. The molecule has 0 heterocycles. The third-order valence-corrected chi connectivity index (χ3v) is 3.91. The average molecular weight is 343 g/mol. The summed E-state index contributed by atoms with van der Waals surface area (Å²) in [6.07, 6.45) is 0. The van der Waals surface area contributed by atoms with Crippen molar-refractivity contribution < 1.29 is 14.7 Å². The molecule has 1 amide bonds. The first-order valence-corrected chi connectivity index (χ1v) is 6.94. The van der Waals surface area contributed by atoms with E-state index in [0.29, 0.717) is 5.69 Å². The van der Waals surface area contributed by atoms with E-state index in [4.69, 9.17) is 5.11 Å². The molecule has 0 saturated carbocycles. The minimum absolute atomic E-state index is 0.000381. The molecule has 0 fully saturated rings. The Morgan fingerprint density at radius 1 is 1.40 bits per heavy atom. The van der Waals surface area contributed by atoms with Gasteiger partial charge < -0.3 is 10.4 Å². The molecule has 5 nitrogen and oxygen atoms in total. The summed E-state index contributed by atoms with van der Waals surface area (Å²) in [5.74, 6) is -1.23. The molecule has 0 saturated heterocycles. The molecule has 1 rings (SSSR count). The maximum absolute atomic E-state index is 12.0. The molecule has 0 aliphatic heterocycles. The van der Waals surface area contributed by atoms with E-state index in [1.54, 1.807) is 27.0 Å². The van der Waals surface area contributed by atoms with Crippen molar-refractivity contribution in [2.24, 2.45) is 0 Å². The van der Waals surface area contributed by atoms with Crippen LogP contribution in [-0.2, 0) is 9.59 Å². The van der Waals surface area contributed by atoms with Gasteiger partial charge in [0, 0.05) is 4.47 Å². The number of likely N-dealkylation sites (N-methyl/N-ethyl adjacent to an activating group) is 1. The summed E-state index contributed by atoms with van der Waals surface area (Å²) in [4.78, 5) is 24.6. The quantitative estimate of drug-likeness (QED) is 0.862. The monoisotopic (exact) mass is 342 g/mol. The second-order valence-electron chi connectivity index (χ2n) is 5.25. The van der Waals surface area contributed by atoms with Crippen LogP contribution in [0.4, 0.5) is 5.69 Å². The molecule has 0 spiro atoms. The van der Waals surface area contributed by atoms with Crippen LogP contribution in [0.3, 0.4) is 0 Å². The van der Waals surface area contributed by atoms with Gasteiger partial charge in [-0.05, 0) is 61.4 Å². The Morgan fingerprint density at radius 3 is 2.50 bits per heavy atom. The lowest BCUT2D eigenvalue weighted by Gasteiger charge is -2.30. The minimum atomic E-state index is -1.10. The number of carbonyl (C=O) groups is 2. The van der Waals surface area contributed by atoms with Crippen molar-refractivity contribution in [2.45, 2.75) is 26.3 Å². The molecule has 0 unspecified atom stereocenters. The number of carbonyl (C=O) groups excluding carboxylic acids is 1.